The number of nitrogens with zero attached hydrogens (tertiary/aromatic N) is 1. The molecule has 0 unspecified atom stereocenters. The molecule has 0 aliphatic rings. The van der Waals surface area contributed by atoms with Gasteiger partial charge in [-0.15, -0.1) is 11.3 Å². The third-order valence-electron chi connectivity index (χ3n) is 3.95. The summed E-state index contributed by atoms with van der Waals surface area (Å²) < 4.78 is 1.16. The first-order chi connectivity index (χ1) is 12.6. The number of aryl methyl sites for hydroxylation is 1. The number of rotatable bonds is 7. The average molecular weight is 367 g/mol. The van der Waals surface area contributed by atoms with Crippen molar-refractivity contribution >= 4 is 33.4 Å². The summed E-state index contributed by atoms with van der Waals surface area (Å²) in [7, 11) is 0. The number of amides is 2. The largest absolute Gasteiger partial charge is 0.356 e. The Kier molecular flexibility index (Phi) is 5.96. The van der Waals surface area contributed by atoms with Crippen molar-refractivity contribution in [3.8, 4) is 0 Å². The van der Waals surface area contributed by atoms with E-state index in [1.54, 1.807) is 23.5 Å². The van der Waals surface area contributed by atoms with Gasteiger partial charge >= 0.3 is 0 Å². The molecule has 0 bridgehead atoms. The fraction of sp³-hybridized carbons (Fsp3) is 0.250. The van der Waals surface area contributed by atoms with Crippen LogP contribution in [-0.4, -0.2) is 29.9 Å². The molecule has 0 saturated heterocycles. The molecule has 0 fully saturated rings. The van der Waals surface area contributed by atoms with Gasteiger partial charge in [0.15, 0.2) is 0 Å². The number of hydrogen-bond donors (Lipinski definition) is 2. The van der Waals surface area contributed by atoms with Gasteiger partial charge in [-0.25, -0.2) is 4.98 Å². The van der Waals surface area contributed by atoms with Crippen LogP contribution >= 0.6 is 11.3 Å². The maximum absolute atomic E-state index is 12.0. The van der Waals surface area contributed by atoms with E-state index in [0.29, 0.717) is 25.1 Å². The van der Waals surface area contributed by atoms with Crippen molar-refractivity contribution < 1.29 is 9.59 Å². The highest BCUT2D eigenvalue weighted by atomic mass is 32.1. The van der Waals surface area contributed by atoms with Crippen LogP contribution < -0.4 is 10.6 Å². The lowest BCUT2D eigenvalue weighted by Gasteiger charge is -2.06. The summed E-state index contributed by atoms with van der Waals surface area (Å²) in [5.41, 5.74) is 2.71. The second-order valence-electron chi connectivity index (χ2n) is 6.05. The number of carbonyl (C=O) groups excluding carboxylic acids is 2. The Morgan fingerprint density at radius 1 is 1.00 bits per heavy atom. The Balaban J connectivity index is 1.36. The minimum Gasteiger partial charge on any atom is -0.356 e. The van der Waals surface area contributed by atoms with Crippen molar-refractivity contribution in [2.75, 3.05) is 13.1 Å². The second kappa shape index (κ2) is 8.58. The first-order valence-electron chi connectivity index (χ1n) is 8.58. The van der Waals surface area contributed by atoms with Crippen molar-refractivity contribution in [3.63, 3.8) is 0 Å². The molecule has 0 atom stereocenters. The molecule has 0 radical (unpaired) electrons. The Morgan fingerprint density at radius 2 is 1.77 bits per heavy atom. The molecule has 1 heterocycles. The van der Waals surface area contributed by atoms with Crippen molar-refractivity contribution in [2.24, 2.45) is 0 Å². The molecule has 3 aromatic rings. The summed E-state index contributed by atoms with van der Waals surface area (Å²) in [4.78, 5) is 28.4. The molecule has 1 aromatic heterocycles. The van der Waals surface area contributed by atoms with Crippen molar-refractivity contribution in [2.45, 2.75) is 19.8 Å². The van der Waals surface area contributed by atoms with Crippen LogP contribution in [0, 0.1) is 6.92 Å². The van der Waals surface area contributed by atoms with Crippen LogP contribution in [0.15, 0.2) is 48.5 Å². The van der Waals surface area contributed by atoms with E-state index in [1.807, 2.05) is 43.3 Å². The van der Waals surface area contributed by atoms with E-state index < -0.39 is 0 Å². The Morgan fingerprint density at radius 3 is 2.54 bits per heavy atom. The van der Waals surface area contributed by atoms with Crippen LogP contribution in [0.3, 0.4) is 0 Å². The third-order valence-corrected chi connectivity index (χ3v) is 5.05. The van der Waals surface area contributed by atoms with Gasteiger partial charge in [-0.2, -0.15) is 0 Å². The average Bonchev–Trinajstić information content (AvgIpc) is 3.05. The van der Waals surface area contributed by atoms with E-state index in [-0.39, 0.29) is 18.2 Å². The monoisotopic (exact) mass is 367 g/mol. The molecule has 0 aliphatic heterocycles. The zero-order valence-electron chi connectivity index (χ0n) is 14.6. The summed E-state index contributed by atoms with van der Waals surface area (Å²) in [6, 6.07) is 15.4. The number of aromatic nitrogens is 1. The molecule has 2 amide bonds. The standard InChI is InChI=1S/C20H21N3O2S/c1-14-6-8-15(9-7-14)20(25)22-12-10-18(24)21-13-11-19-23-16-4-2-3-5-17(16)26-19/h2-9H,10-13H2,1H3,(H,21,24)(H,22,25). The fourth-order valence-corrected chi connectivity index (χ4v) is 3.49. The normalized spacial score (nSPS) is 10.7. The predicted octanol–water partition coefficient (Wildman–Crippen LogP) is 3.08. The molecular weight excluding hydrogens is 346 g/mol. The maximum atomic E-state index is 12.0. The summed E-state index contributed by atoms with van der Waals surface area (Å²) in [5, 5.41) is 6.65. The molecule has 26 heavy (non-hydrogen) atoms. The van der Waals surface area contributed by atoms with Crippen molar-refractivity contribution in [3.05, 3.63) is 64.7 Å². The third kappa shape index (κ3) is 4.89. The number of benzene rings is 2. The minimum atomic E-state index is -0.160. The Bertz CT molecular complexity index is 870. The number of para-hydroxylation sites is 1. The van der Waals surface area contributed by atoms with Crippen molar-refractivity contribution in [1.29, 1.82) is 0 Å². The highest BCUT2D eigenvalue weighted by Gasteiger charge is 2.07. The van der Waals surface area contributed by atoms with Crippen LogP contribution in [0.25, 0.3) is 10.2 Å². The molecule has 0 saturated carbocycles. The number of thiazole rings is 1. The highest BCUT2D eigenvalue weighted by molar-refractivity contribution is 7.18. The fourth-order valence-electron chi connectivity index (χ4n) is 2.52. The topological polar surface area (TPSA) is 71.1 Å². The quantitative estimate of drug-likeness (QED) is 0.674. The lowest BCUT2D eigenvalue weighted by Crippen LogP contribution is -2.31. The van der Waals surface area contributed by atoms with E-state index in [1.165, 1.54) is 0 Å². The summed E-state index contributed by atoms with van der Waals surface area (Å²) in [6.45, 7) is 2.84. The molecule has 5 nitrogen and oxygen atoms in total. The lowest BCUT2D eigenvalue weighted by atomic mass is 10.1. The summed E-state index contributed by atoms with van der Waals surface area (Å²) >= 11 is 1.65. The van der Waals surface area contributed by atoms with Gasteiger partial charge in [0.25, 0.3) is 5.91 Å². The van der Waals surface area contributed by atoms with E-state index in [9.17, 15) is 9.59 Å². The van der Waals surface area contributed by atoms with Crippen LogP contribution in [0.5, 0.6) is 0 Å². The van der Waals surface area contributed by atoms with Gasteiger partial charge < -0.3 is 10.6 Å². The van der Waals surface area contributed by atoms with Crippen LogP contribution in [0.4, 0.5) is 0 Å². The molecule has 3 rings (SSSR count). The van der Waals surface area contributed by atoms with Gasteiger partial charge in [-0.3, -0.25) is 9.59 Å². The van der Waals surface area contributed by atoms with E-state index in [2.05, 4.69) is 15.6 Å². The number of nitrogens with one attached hydrogen (secondary N) is 2. The first kappa shape index (κ1) is 18.1. The highest BCUT2D eigenvalue weighted by Crippen LogP contribution is 2.21. The Labute approximate surface area is 156 Å². The number of fused-ring (bicyclic) bond motifs is 1. The van der Waals surface area contributed by atoms with Crippen LogP contribution in [-0.2, 0) is 11.2 Å². The molecule has 0 aliphatic carbocycles. The zero-order valence-corrected chi connectivity index (χ0v) is 15.4. The predicted molar refractivity (Wildman–Crippen MR) is 104 cm³/mol. The minimum absolute atomic E-state index is 0.0738. The van der Waals surface area contributed by atoms with E-state index >= 15 is 0 Å². The summed E-state index contributed by atoms with van der Waals surface area (Å²) in [5.74, 6) is -0.234. The summed E-state index contributed by atoms with van der Waals surface area (Å²) in [6.07, 6.45) is 0.970. The number of carbonyl (C=O) groups is 2. The first-order valence-corrected chi connectivity index (χ1v) is 9.39. The number of hydrogen-bond acceptors (Lipinski definition) is 4. The van der Waals surface area contributed by atoms with Gasteiger partial charge in [0.2, 0.25) is 5.91 Å². The molecular formula is C20H21N3O2S. The van der Waals surface area contributed by atoms with Crippen LogP contribution in [0.1, 0.15) is 27.3 Å². The van der Waals surface area contributed by atoms with Crippen molar-refractivity contribution in [1.82, 2.24) is 15.6 Å². The second-order valence-corrected chi connectivity index (χ2v) is 7.16. The zero-order chi connectivity index (χ0) is 18.4. The molecule has 0 spiro atoms. The van der Waals surface area contributed by atoms with Gasteiger partial charge in [0.1, 0.15) is 0 Å². The molecule has 2 aromatic carbocycles. The van der Waals surface area contributed by atoms with Gasteiger partial charge in [-0.05, 0) is 31.2 Å². The van der Waals surface area contributed by atoms with Gasteiger partial charge in [-0.1, -0.05) is 29.8 Å². The molecule has 2 N–H and O–H groups in total. The van der Waals surface area contributed by atoms with Crippen LogP contribution in [0.2, 0.25) is 0 Å². The Hall–Kier alpha value is -2.73. The maximum Gasteiger partial charge on any atom is 0.251 e. The molecule has 6 heteroatoms. The lowest BCUT2D eigenvalue weighted by molar-refractivity contribution is -0.120. The SMILES string of the molecule is Cc1ccc(C(=O)NCCC(=O)NCCc2nc3ccccc3s2)cc1. The smallest absolute Gasteiger partial charge is 0.251 e. The van der Waals surface area contributed by atoms with Gasteiger partial charge in [0, 0.05) is 31.5 Å². The van der Waals surface area contributed by atoms with Gasteiger partial charge in [0.05, 0.1) is 15.2 Å². The molecule has 134 valence electrons. The van der Waals surface area contributed by atoms with E-state index in [4.69, 9.17) is 0 Å². The van der Waals surface area contributed by atoms with E-state index in [0.717, 1.165) is 20.8 Å².